The van der Waals surface area contributed by atoms with Crippen LogP contribution in [0.2, 0.25) is 0 Å². The number of carbonyl (C=O) groups is 1. The summed E-state index contributed by atoms with van der Waals surface area (Å²) in [5, 5.41) is 0. The maximum Gasteiger partial charge on any atom is 0.160 e. The van der Waals surface area contributed by atoms with E-state index in [1.807, 2.05) is 43.3 Å². The van der Waals surface area contributed by atoms with Gasteiger partial charge in [-0.15, -0.1) is 0 Å². The lowest BCUT2D eigenvalue weighted by molar-refractivity contribution is 0.101. The highest BCUT2D eigenvalue weighted by molar-refractivity contribution is 9.10. The maximum atomic E-state index is 11.6. The molecule has 0 saturated heterocycles. The SMILES string of the molecule is CC(=O)c1ccc(C)cc1-c1ccc(Br)cc1. The van der Waals surface area contributed by atoms with E-state index >= 15 is 0 Å². The van der Waals surface area contributed by atoms with Crippen LogP contribution in [0.1, 0.15) is 22.8 Å². The van der Waals surface area contributed by atoms with Crippen molar-refractivity contribution in [1.29, 1.82) is 0 Å². The van der Waals surface area contributed by atoms with Gasteiger partial charge in [-0.1, -0.05) is 51.8 Å². The number of benzene rings is 2. The Morgan fingerprint density at radius 1 is 1.06 bits per heavy atom. The smallest absolute Gasteiger partial charge is 0.160 e. The molecule has 0 amide bonds. The van der Waals surface area contributed by atoms with Crippen molar-refractivity contribution in [3.63, 3.8) is 0 Å². The standard InChI is InChI=1S/C15H13BrO/c1-10-3-8-14(11(2)17)15(9-10)12-4-6-13(16)7-5-12/h3-9H,1-2H3. The molecule has 0 unspecified atom stereocenters. The van der Waals surface area contributed by atoms with E-state index in [1.54, 1.807) is 6.92 Å². The molecular formula is C15H13BrO. The van der Waals surface area contributed by atoms with Crippen LogP contribution < -0.4 is 0 Å². The van der Waals surface area contributed by atoms with Crippen LogP contribution in [0.5, 0.6) is 0 Å². The van der Waals surface area contributed by atoms with E-state index in [4.69, 9.17) is 0 Å². The van der Waals surface area contributed by atoms with Crippen molar-refractivity contribution in [2.24, 2.45) is 0 Å². The molecule has 0 radical (unpaired) electrons. The number of hydrogen-bond acceptors (Lipinski definition) is 1. The van der Waals surface area contributed by atoms with Crippen molar-refractivity contribution in [3.8, 4) is 11.1 Å². The van der Waals surface area contributed by atoms with Gasteiger partial charge in [0.15, 0.2) is 5.78 Å². The third-order valence-corrected chi connectivity index (χ3v) is 3.24. The minimum Gasteiger partial charge on any atom is -0.294 e. The Morgan fingerprint density at radius 3 is 2.29 bits per heavy atom. The first-order valence-electron chi connectivity index (χ1n) is 5.45. The normalized spacial score (nSPS) is 10.3. The molecule has 0 aliphatic heterocycles. The molecule has 0 saturated carbocycles. The highest BCUT2D eigenvalue weighted by atomic mass is 79.9. The second-order valence-electron chi connectivity index (χ2n) is 4.11. The molecule has 0 fully saturated rings. The first-order valence-corrected chi connectivity index (χ1v) is 6.25. The molecule has 2 aromatic rings. The average Bonchev–Trinajstić information content (AvgIpc) is 2.29. The van der Waals surface area contributed by atoms with Gasteiger partial charge in [0.1, 0.15) is 0 Å². The third-order valence-electron chi connectivity index (χ3n) is 2.71. The van der Waals surface area contributed by atoms with E-state index in [-0.39, 0.29) is 5.78 Å². The molecule has 0 aromatic heterocycles. The Balaban J connectivity index is 2.60. The largest absolute Gasteiger partial charge is 0.294 e. The molecule has 0 spiro atoms. The van der Waals surface area contributed by atoms with Crippen LogP contribution in [0.15, 0.2) is 46.9 Å². The summed E-state index contributed by atoms with van der Waals surface area (Å²) in [5.41, 5.74) is 4.01. The summed E-state index contributed by atoms with van der Waals surface area (Å²) < 4.78 is 1.04. The van der Waals surface area contributed by atoms with Gasteiger partial charge in [0.25, 0.3) is 0 Å². The monoisotopic (exact) mass is 288 g/mol. The number of Topliss-reactive ketones (excluding diaryl/α,β-unsaturated/α-hetero) is 1. The van der Waals surface area contributed by atoms with Crippen molar-refractivity contribution in [2.45, 2.75) is 13.8 Å². The van der Waals surface area contributed by atoms with Crippen LogP contribution in [-0.4, -0.2) is 5.78 Å². The maximum absolute atomic E-state index is 11.6. The topological polar surface area (TPSA) is 17.1 Å². The molecule has 0 heterocycles. The van der Waals surface area contributed by atoms with E-state index in [1.165, 1.54) is 0 Å². The van der Waals surface area contributed by atoms with Crippen molar-refractivity contribution >= 4 is 21.7 Å². The van der Waals surface area contributed by atoms with Crippen LogP contribution in [0.4, 0.5) is 0 Å². The molecule has 17 heavy (non-hydrogen) atoms. The van der Waals surface area contributed by atoms with Gasteiger partial charge in [-0.2, -0.15) is 0 Å². The first-order chi connectivity index (χ1) is 8.08. The van der Waals surface area contributed by atoms with Gasteiger partial charge in [0.2, 0.25) is 0 Å². The lowest BCUT2D eigenvalue weighted by Crippen LogP contribution is -1.96. The molecule has 0 atom stereocenters. The van der Waals surface area contributed by atoms with Gasteiger partial charge < -0.3 is 0 Å². The first kappa shape index (κ1) is 12.1. The van der Waals surface area contributed by atoms with Crippen LogP contribution in [0.25, 0.3) is 11.1 Å². The van der Waals surface area contributed by atoms with E-state index in [2.05, 4.69) is 22.0 Å². The number of carbonyl (C=O) groups excluding carboxylic acids is 1. The van der Waals surface area contributed by atoms with Crippen molar-refractivity contribution in [3.05, 3.63) is 58.1 Å². The summed E-state index contributed by atoms with van der Waals surface area (Å²) in [6.07, 6.45) is 0. The molecule has 0 bridgehead atoms. The van der Waals surface area contributed by atoms with Crippen LogP contribution in [0, 0.1) is 6.92 Å². The fraction of sp³-hybridized carbons (Fsp3) is 0.133. The van der Waals surface area contributed by atoms with Gasteiger partial charge in [0, 0.05) is 10.0 Å². The summed E-state index contributed by atoms with van der Waals surface area (Å²) in [4.78, 5) is 11.6. The third kappa shape index (κ3) is 2.64. The summed E-state index contributed by atoms with van der Waals surface area (Å²) in [6.45, 7) is 3.64. The molecule has 2 rings (SSSR count). The molecule has 2 aromatic carbocycles. The number of rotatable bonds is 2. The van der Waals surface area contributed by atoms with Crippen LogP contribution >= 0.6 is 15.9 Å². The predicted molar refractivity (Wildman–Crippen MR) is 74.3 cm³/mol. The second-order valence-corrected chi connectivity index (χ2v) is 5.03. The Labute approximate surface area is 110 Å². The van der Waals surface area contributed by atoms with Crippen LogP contribution in [0.3, 0.4) is 0 Å². The molecule has 0 aliphatic rings. The molecule has 86 valence electrons. The van der Waals surface area contributed by atoms with E-state index in [9.17, 15) is 4.79 Å². The number of aryl methyl sites for hydroxylation is 1. The lowest BCUT2D eigenvalue weighted by Gasteiger charge is -2.08. The highest BCUT2D eigenvalue weighted by Crippen LogP contribution is 2.26. The van der Waals surface area contributed by atoms with Gasteiger partial charge in [-0.25, -0.2) is 0 Å². The molecule has 2 heteroatoms. The van der Waals surface area contributed by atoms with Gasteiger partial charge in [-0.05, 0) is 37.1 Å². The highest BCUT2D eigenvalue weighted by Gasteiger charge is 2.09. The Hall–Kier alpha value is -1.41. The minimum atomic E-state index is 0.0999. The summed E-state index contributed by atoms with van der Waals surface area (Å²) >= 11 is 3.41. The molecule has 1 nitrogen and oxygen atoms in total. The zero-order valence-electron chi connectivity index (χ0n) is 9.83. The number of halogens is 1. The van der Waals surface area contributed by atoms with E-state index in [0.717, 1.165) is 26.7 Å². The zero-order chi connectivity index (χ0) is 12.4. The van der Waals surface area contributed by atoms with Gasteiger partial charge in [-0.3, -0.25) is 4.79 Å². The predicted octanol–water partition coefficient (Wildman–Crippen LogP) is 4.63. The van der Waals surface area contributed by atoms with Crippen molar-refractivity contribution < 1.29 is 4.79 Å². The van der Waals surface area contributed by atoms with Gasteiger partial charge in [0.05, 0.1) is 0 Å². The van der Waals surface area contributed by atoms with Crippen molar-refractivity contribution in [2.75, 3.05) is 0 Å². The quantitative estimate of drug-likeness (QED) is 0.737. The number of ketones is 1. The van der Waals surface area contributed by atoms with E-state index < -0.39 is 0 Å². The minimum absolute atomic E-state index is 0.0999. The fourth-order valence-corrected chi connectivity index (χ4v) is 2.10. The Bertz CT molecular complexity index is 556. The molecule has 0 aliphatic carbocycles. The van der Waals surface area contributed by atoms with Crippen molar-refractivity contribution in [1.82, 2.24) is 0 Å². The Kier molecular flexibility index (Phi) is 3.43. The Morgan fingerprint density at radius 2 is 1.71 bits per heavy atom. The zero-order valence-corrected chi connectivity index (χ0v) is 11.4. The van der Waals surface area contributed by atoms with Gasteiger partial charge >= 0.3 is 0 Å². The number of hydrogen-bond donors (Lipinski definition) is 0. The average molecular weight is 289 g/mol. The fourth-order valence-electron chi connectivity index (χ4n) is 1.83. The summed E-state index contributed by atoms with van der Waals surface area (Å²) in [7, 11) is 0. The van der Waals surface area contributed by atoms with Crippen LogP contribution in [-0.2, 0) is 0 Å². The molecule has 0 N–H and O–H groups in total. The molecular weight excluding hydrogens is 276 g/mol. The van der Waals surface area contributed by atoms with E-state index in [0.29, 0.717) is 0 Å². The lowest BCUT2D eigenvalue weighted by atomic mass is 9.96. The second kappa shape index (κ2) is 4.84. The summed E-state index contributed by atoms with van der Waals surface area (Å²) in [6, 6.07) is 13.9. The summed E-state index contributed by atoms with van der Waals surface area (Å²) in [5.74, 6) is 0.0999.